The number of aliphatic hydroxyl groups excluding tert-OH is 1. The molecule has 2 amide bonds. The number of aromatic nitrogens is 1. The van der Waals surface area contributed by atoms with Crippen LogP contribution in [0, 0.1) is 5.92 Å². The maximum atomic E-state index is 12.4. The van der Waals surface area contributed by atoms with E-state index in [4.69, 9.17) is 0 Å². The normalized spacial score (nSPS) is 19.3. The van der Waals surface area contributed by atoms with Crippen LogP contribution in [0.4, 0.5) is 10.5 Å². The maximum absolute atomic E-state index is 12.4. The number of carbonyl (C=O) groups excluding carboxylic acids is 1. The number of amides is 2. The van der Waals surface area contributed by atoms with Gasteiger partial charge in [0, 0.05) is 23.1 Å². The van der Waals surface area contributed by atoms with Gasteiger partial charge in [0.05, 0.1) is 12.3 Å². The number of carbonyl (C=O) groups is 1. The van der Waals surface area contributed by atoms with E-state index in [1.54, 1.807) is 0 Å². The highest BCUT2D eigenvalue weighted by Gasteiger charge is 2.22. The Balaban J connectivity index is 1.55. The van der Waals surface area contributed by atoms with E-state index in [9.17, 15) is 9.90 Å². The van der Waals surface area contributed by atoms with E-state index in [-0.39, 0.29) is 18.7 Å². The average Bonchev–Trinajstić information content (AvgIpc) is 3.27. The van der Waals surface area contributed by atoms with Gasteiger partial charge >= 0.3 is 6.03 Å². The lowest BCUT2D eigenvalue weighted by Crippen LogP contribution is -2.36. The molecule has 3 aromatic rings. The fraction of sp³-hybridized carbons (Fsp3) is 0.318. The molecule has 2 unspecified atom stereocenters. The Kier molecular flexibility index (Phi) is 4.86. The molecule has 2 aromatic carbocycles. The van der Waals surface area contributed by atoms with Crippen LogP contribution < -0.4 is 10.6 Å². The zero-order valence-corrected chi connectivity index (χ0v) is 15.5. The largest absolute Gasteiger partial charge is 0.392 e. The Labute approximate surface area is 158 Å². The monoisotopic (exact) mass is 363 g/mol. The van der Waals surface area contributed by atoms with Gasteiger partial charge in [-0.15, -0.1) is 0 Å². The number of aromatic amines is 1. The number of hydrogen-bond acceptors (Lipinski definition) is 2. The van der Waals surface area contributed by atoms with Crippen LogP contribution in [0.1, 0.15) is 31.7 Å². The van der Waals surface area contributed by atoms with Gasteiger partial charge in [0.15, 0.2) is 0 Å². The van der Waals surface area contributed by atoms with Gasteiger partial charge in [-0.2, -0.15) is 0 Å². The molecule has 140 valence electrons. The van der Waals surface area contributed by atoms with E-state index in [0.29, 0.717) is 5.92 Å². The molecule has 27 heavy (non-hydrogen) atoms. The molecule has 0 saturated heterocycles. The molecule has 4 N–H and O–H groups in total. The lowest BCUT2D eigenvalue weighted by molar-refractivity contribution is 0.248. The molecule has 5 heteroatoms. The molecule has 4 rings (SSSR count). The van der Waals surface area contributed by atoms with Crippen molar-refractivity contribution in [3.8, 4) is 11.1 Å². The molecule has 1 aromatic heterocycles. The summed E-state index contributed by atoms with van der Waals surface area (Å²) in [4.78, 5) is 15.6. The maximum Gasteiger partial charge on any atom is 0.319 e. The number of fused-ring (bicyclic) bond motifs is 1. The fourth-order valence-corrected chi connectivity index (χ4v) is 3.93. The first-order valence-electron chi connectivity index (χ1n) is 9.51. The van der Waals surface area contributed by atoms with Gasteiger partial charge in [-0.05, 0) is 60.1 Å². The summed E-state index contributed by atoms with van der Waals surface area (Å²) in [5, 5.41) is 16.4. The molecule has 1 aliphatic carbocycles. The number of nitrogens with one attached hydrogen (secondary N) is 3. The van der Waals surface area contributed by atoms with E-state index >= 15 is 0 Å². The number of H-pyrrole nitrogens is 1. The third-order valence-electron chi connectivity index (χ3n) is 5.40. The van der Waals surface area contributed by atoms with Crippen molar-refractivity contribution < 1.29 is 9.90 Å². The van der Waals surface area contributed by atoms with E-state index in [1.807, 2.05) is 42.6 Å². The van der Waals surface area contributed by atoms with Crippen LogP contribution in [-0.2, 0) is 6.61 Å². The van der Waals surface area contributed by atoms with E-state index in [1.165, 1.54) is 6.42 Å². The van der Waals surface area contributed by atoms with Crippen molar-refractivity contribution in [1.29, 1.82) is 0 Å². The molecule has 1 heterocycles. The van der Waals surface area contributed by atoms with Crippen LogP contribution in [0.15, 0.2) is 48.7 Å². The van der Waals surface area contributed by atoms with Crippen molar-refractivity contribution in [2.24, 2.45) is 5.92 Å². The molecule has 0 spiro atoms. The Morgan fingerprint density at radius 1 is 1.19 bits per heavy atom. The number of anilines is 1. The first-order valence-corrected chi connectivity index (χ1v) is 9.51. The molecule has 0 aliphatic heterocycles. The second-order valence-corrected chi connectivity index (χ2v) is 7.53. The zero-order chi connectivity index (χ0) is 18.8. The molecular formula is C22H25N3O2. The Hall–Kier alpha value is -2.79. The van der Waals surface area contributed by atoms with Gasteiger partial charge in [0.1, 0.15) is 0 Å². The van der Waals surface area contributed by atoms with Crippen LogP contribution in [0.2, 0.25) is 0 Å². The number of benzene rings is 2. The summed E-state index contributed by atoms with van der Waals surface area (Å²) in [6, 6.07) is 14.1. The molecule has 2 atom stereocenters. The fourth-order valence-electron chi connectivity index (χ4n) is 3.93. The van der Waals surface area contributed by atoms with Crippen molar-refractivity contribution in [2.45, 2.75) is 38.8 Å². The van der Waals surface area contributed by atoms with E-state index < -0.39 is 0 Å². The predicted octanol–water partition coefficient (Wildman–Crippen LogP) is 4.64. The second-order valence-electron chi connectivity index (χ2n) is 7.53. The lowest BCUT2D eigenvalue weighted by atomic mass is 10.0. The summed E-state index contributed by atoms with van der Waals surface area (Å²) in [5.41, 5.74) is 4.71. The molecule has 0 bridgehead atoms. The minimum Gasteiger partial charge on any atom is -0.392 e. The third-order valence-corrected chi connectivity index (χ3v) is 5.40. The van der Waals surface area contributed by atoms with Crippen LogP contribution in [0.25, 0.3) is 22.0 Å². The molecule has 1 aliphatic rings. The second kappa shape index (κ2) is 7.45. The zero-order valence-electron chi connectivity index (χ0n) is 15.5. The summed E-state index contributed by atoms with van der Waals surface area (Å²) in [5.74, 6) is 0.681. The quantitative estimate of drug-likeness (QED) is 0.545. The summed E-state index contributed by atoms with van der Waals surface area (Å²) in [6.45, 7) is 2.25. The SMILES string of the molecule is CC1CCC(NC(=O)Nc2c[nH]c3ccc(-c4cccc(CO)c4)cc23)C1. The average molecular weight is 363 g/mol. The van der Waals surface area contributed by atoms with Gasteiger partial charge in [0.2, 0.25) is 0 Å². The van der Waals surface area contributed by atoms with Crippen molar-refractivity contribution in [3.63, 3.8) is 0 Å². The van der Waals surface area contributed by atoms with Crippen LogP contribution >= 0.6 is 0 Å². The number of hydrogen-bond donors (Lipinski definition) is 4. The van der Waals surface area contributed by atoms with E-state index in [2.05, 4.69) is 28.6 Å². The topological polar surface area (TPSA) is 77.2 Å². The third kappa shape index (κ3) is 3.83. The van der Waals surface area contributed by atoms with Crippen LogP contribution in [-0.4, -0.2) is 22.2 Å². The smallest absolute Gasteiger partial charge is 0.319 e. The highest BCUT2D eigenvalue weighted by molar-refractivity contribution is 6.02. The van der Waals surface area contributed by atoms with Gasteiger partial charge in [-0.25, -0.2) is 4.79 Å². The standard InChI is InChI=1S/C22H25N3O2/c1-14-5-7-18(9-14)24-22(27)25-21-12-23-20-8-6-17(11-19(20)21)16-4-2-3-15(10-16)13-26/h2-4,6,8,10-12,14,18,23,26H,5,7,9,13H2,1H3,(H2,24,25,27). The Morgan fingerprint density at radius 2 is 2.04 bits per heavy atom. The number of urea groups is 1. The molecular weight excluding hydrogens is 338 g/mol. The summed E-state index contributed by atoms with van der Waals surface area (Å²) in [7, 11) is 0. The first kappa shape index (κ1) is 17.6. The molecule has 1 saturated carbocycles. The van der Waals surface area contributed by atoms with Crippen molar-refractivity contribution in [2.75, 3.05) is 5.32 Å². The van der Waals surface area contributed by atoms with Crippen molar-refractivity contribution >= 4 is 22.6 Å². The van der Waals surface area contributed by atoms with Gasteiger partial charge in [-0.3, -0.25) is 0 Å². The first-order chi connectivity index (χ1) is 13.1. The summed E-state index contributed by atoms with van der Waals surface area (Å²) >= 11 is 0. The van der Waals surface area contributed by atoms with Crippen LogP contribution in [0.3, 0.4) is 0 Å². The van der Waals surface area contributed by atoms with Gasteiger partial charge in [-0.1, -0.05) is 31.2 Å². The minimum atomic E-state index is -0.150. The lowest BCUT2D eigenvalue weighted by Gasteiger charge is -2.13. The predicted molar refractivity (Wildman–Crippen MR) is 109 cm³/mol. The highest BCUT2D eigenvalue weighted by Crippen LogP contribution is 2.30. The number of rotatable bonds is 4. The summed E-state index contributed by atoms with van der Waals surface area (Å²) < 4.78 is 0. The highest BCUT2D eigenvalue weighted by atomic mass is 16.3. The molecule has 1 fully saturated rings. The van der Waals surface area contributed by atoms with E-state index in [0.717, 1.165) is 46.1 Å². The Bertz CT molecular complexity index is 963. The Morgan fingerprint density at radius 3 is 2.81 bits per heavy atom. The van der Waals surface area contributed by atoms with Gasteiger partial charge < -0.3 is 20.7 Å². The van der Waals surface area contributed by atoms with Crippen LogP contribution in [0.5, 0.6) is 0 Å². The summed E-state index contributed by atoms with van der Waals surface area (Å²) in [6.07, 6.45) is 5.10. The van der Waals surface area contributed by atoms with Gasteiger partial charge in [0.25, 0.3) is 0 Å². The minimum absolute atomic E-state index is 0.0208. The van der Waals surface area contributed by atoms with Crippen molar-refractivity contribution in [1.82, 2.24) is 10.3 Å². The molecule has 5 nitrogen and oxygen atoms in total. The van der Waals surface area contributed by atoms with Crippen molar-refractivity contribution in [3.05, 3.63) is 54.2 Å². The number of aliphatic hydroxyl groups is 1. The molecule has 0 radical (unpaired) electrons.